The van der Waals surface area contributed by atoms with Crippen LogP contribution in [0.3, 0.4) is 0 Å². The molecular weight excluding hydrogens is 482 g/mol. The molecule has 38 heavy (non-hydrogen) atoms. The number of carbonyl (C=O) groups excluding carboxylic acids is 2. The van der Waals surface area contributed by atoms with E-state index in [0.29, 0.717) is 24.2 Å². The summed E-state index contributed by atoms with van der Waals surface area (Å²) in [4.78, 5) is 28.8. The normalized spacial score (nSPS) is 34.2. The van der Waals surface area contributed by atoms with E-state index in [9.17, 15) is 14.7 Å². The number of aliphatic hydroxyl groups is 1. The zero-order chi connectivity index (χ0) is 27.1. The largest absolute Gasteiger partial charge is 0.480 e. The van der Waals surface area contributed by atoms with Crippen molar-refractivity contribution in [2.24, 2.45) is 22.7 Å². The summed E-state index contributed by atoms with van der Waals surface area (Å²) in [6.45, 7) is 10.5. The number of aliphatic hydroxyl groups excluding tert-OH is 1. The number of pyridine rings is 1. The molecule has 0 radical (unpaired) electrons. The van der Waals surface area contributed by atoms with E-state index in [0.717, 1.165) is 35.7 Å². The van der Waals surface area contributed by atoms with Gasteiger partial charge < -0.3 is 19.3 Å². The van der Waals surface area contributed by atoms with Crippen LogP contribution in [-0.4, -0.2) is 47.5 Å². The lowest BCUT2D eigenvalue weighted by Crippen LogP contribution is -2.57. The standard InChI is InChI=1S/C31H37NO6/c1-19-10-13-26-30(3,15-14-27(34)31(26,4)18-37-20(2)33)23(19)12-11-22-25(17-36-29(22)35)38-24-9-5-7-21-8-6-16-32-28(21)24/h5-9,11,16,23,25-27,34H,1,10,12-15,17-18H2,2-4H3/b22-11+/t23-,25+,26+,27-,30+,31+/m1/s1. The number of cyclic esters (lactones) is 1. The lowest BCUT2D eigenvalue weighted by Gasteiger charge is -2.60. The highest BCUT2D eigenvalue weighted by molar-refractivity contribution is 5.92. The van der Waals surface area contributed by atoms with Crippen molar-refractivity contribution in [3.63, 3.8) is 0 Å². The molecule has 6 atom stereocenters. The van der Waals surface area contributed by atoms with Crippen molar-refractivity contribution < 1.29 is 28.9 Å². The van der Waals surface area contributed by atoms with Crippen LogP contribution in [0.5, 0.6) is 5.75 Å². The van der Waals surface area contributed by atoms with Gasteiger partial charge in [0.15, 0.2) is 6.10 Å². The fraction of sp³-hybridized carbons (Fsp3) is 0.516. The van der Waals surface area contributed by atoms with Crippen LogP contribution < -0.4 is 4.74 Å². The zero-order valence-electron chi connectivity index (χ0n) is 22.4. The molecule has 1 aromatic carbocycles. The first-order valence-electron chi connectivity index (χ1n) is 13.5. The number of hydrogen-bond acceptors (Lipinski definition) is 7. The maximum Gasteiger partial charge on any atom is 0.337 e. The van der Waals surface area contributed by atoms with Crippen molar-refractivity contribution >= 4 is 22.8 Å². The number of nitrogens with zero attached hydrogens (tertiary/aromatic N) is 1. The van der Waals surface area contributed by atoms with Gasteiger partial charge in [-0.25, -0.2) is 4.79 Å². The molecule has 2 heterocycles. The Kier molecular flexibility index (Phi) is 7.07. The first-order valence-corrected chi connectivity index (χ1v) is 13.5. The van der Waals surface area contributed by atoms with Gasteiger partial charge in [0.05, 0.1) is 18.3 Å². The summed E-state index contributed by atoms with van der Waals surface area (Å²) < 4.78 is 17.1. The van der Waals surface area contributed by atoms with E-state index < -0.39 is 17.6 Å². The molecule has 1 aliphatic heterocycles. The van der Waals surface area contributed by atoms with Gasteiger partial charge in [-0.05, 0) is 61.5 Å². The van der Waals surface area contributed by atoms with Gasteiger partial charge in [0.1, 0.15) is 17.9 Å². The number of rotatable bonds is 6. The van der Waals surface area contributed by atoms with Crippen LogP contribution in [0.15, 0.2) is 60.3 Å². The first kappa shape index (κ1) is 26.4. The molecule has 0 amide bonds. The Balaban J connectivity index is 1.40. The van der Waals surface area contributed by atoms with E-state index >= 15 is 0 Å². The minimum Gasteiger partial charge on any atom is -0.480 e. The van der Waals surface area contributed by atoms with Gasteiger partial charge in [-0.2, -0.15) is 0 Å². The van der Waals surface area contributed by atoms with E-state index in [-0.39, 0.29) is 42.4 Å². The van der Waals surface area contributed by atoms with Crippen LogP contribution in [0.25, 0.3) is 10.9 Å². The lowest BCUT2D eigenvalue weighted by atomic mass is 9.46. The molecule has 2 aliphatic carbocycles. The predicted octanol–water partition coefficient (Wildman–Crippen LogP) is 5.17. The van der Waals surface area contributed by atoms with E-state index in [1.165, 1.54) is 6.92 Å². The molecule has 2 saturated carbocycles. The number of esters is 2. The second-order valence-electron chi connectivity index (χ2n) is 11.6. The van der Waals surface area contributed by atoms with Crippen molar-refractivity contribution in [2.75, 3.05) is 13.2 Å². The van der Waals surface area contributed by atoms with Crippen LogP contribution in [-0.2, 0) is 19.1 Å². The highest BCUT2D eigenvalue weighted by Crippen LogP contribution is 2.62. The molecule has 0 spiro atoms. The maximum absolute atomic E-state index is 12.8. The molecule has 1 saturated heterocycles. The summed E-state index contributed by atoms with van der Waals surface area (Å²) in [7, 11) is 0. The van der Waals surface area contributed by atoms with Crippen LogP contribution in [0.2, 0.25) is 0 Å². The first-order chi connectivity index (χ1) is 18.1. The number of carbonyl (C=O) groups is 2. The molecule has 0 unspecified atom stereocenters. The highest BCUT2D eigenvalue weighted by atomic mass is 16.6. The van der Waals surface area contributed by atoms with E-state index in [1.54, 1.807) is 6.20 Å². The molecule has 1 aromatic heterocycles. The Hall–Kier alpha value is -3.19. The fourth-order valence-corrected chi connectivity index (χ4v) is 7.21. The second kappa shape index (κ2) is 10.2. The Morgan fingerprint density at radius 3 is 2.84 bits per heavy atom. The Labute approximate surface area is 223 Å². The quantitative estimate of drug-likeness (QED) is 0.320. The summed E-state index contributed by atoms with van der Waals surface area (Å²) in [5, 5.41) is 12.0. The smallest absolute Gasteiger partial charge is 0.337 e. The van der Waals surface area contributed by atoms with Gasteiger partial charge in [0.2, 0.25) is 0 Å². The number of allylic oxidation sites excluding steroid dienone is 2. The van der Waals surface area contributed by atoms with Crippen LogP contribution in [0, 0.1) is 22.7 Å². The summed E-state index contributed by atoms with van der Waals surface area (Å²) in [6.07, 6.45) is 6.46. The summed E-state index contributed by atoms with van der Waals surface area (Å²) >= 11 is 0. The van der Waals surface area contributed by atoms with Gasteiger partial charge >= 0.3 is 11.9 Å². The summed E-state index contributed by atoms with van der Waals surface area (Å²) in [5.41, 5.74) is 1.74. The Bertz CT molecular complexity index is 1280. The molecule has 202 valence electrons. The van der Waals surface area contributed by atoms with Crippen molar-refractivity contribution in [1.29, 1.82) is 0 Å². The third-order valence-electron chi connectivity index (χ3n) is 9.33. The van der Waals surface area contributed by atoms with Crippen LogP contribution in [0.1, 0.15) is 52.9 Å². The van der Waals surface area contributed by atoms with Gasteiger partial charge in [-0.1, -0.05) is 50.3 Å². The van der Waals surface area contributed by atoms with E-state index in [4.69, 9.17) is 14.2 Å². The number of fused-ring (bicyclic) bond motifs is 2. The van der Waals surface area contributed by atoms with Crippen molar-refractivity contribution in [1.82, 2.24) is 4.98 Å². The van der Waals surface area contributed by atoms with Gasteiger partial charge in [-0.3, -0.25) is 9.78 Å². The summed E-state index contributed by atoms with van der Waals surface area (Å²) in [5.74, 6) is 0.195. The van der Waals surface area contributed by atoms with E-state index in [1.807, 2.05) is 43.3 Å². The molecule has 2 aromatic rings. The Morgan fingerprint density at radius 2 is 2.05 bits per heavy atom. The summed E-state index contributed by atoms with van der Waals surface area (Å²) in [6, 6.07) is 9.61. The third-order valence-corrected chi connectivity index (χ3v) is 9.33. The molecule has 3 aliphatic rings. The van der Waals surface area contributed by atoms with Gasteiger partial charge in [0.25, 0.3) is 0 Å². The number of hydrogen-bond donors (Lipinski definition) is 1. The number of para-hydroxylation sites is 1. The average molecular weight is 520 g/mol. The predicted molar refractivity (Wildman–Crippen MR) is 143 cm³/mol. The van der Waals surface area contributed by atoms with Crippen molar-refractivity contribution in [3.8, 4) is 5.75 Å². The Morgan fingerprint density at radius 1 is 1.26 bits per heavy atom. The van der Waals surface area contributed by atoms with E-state index in [2.05, 4.69) is 18.5 Å². The lowest BCUT2D eigenvalue weighted by molar-refractivity contribution is -0.172. The number of ether oxygens (including phenoxy) is 3. The minimum absolute atomic E-state index is 0.117. The minimum atomic E-state index is -0.540. The monoisotopic (exact) mass is 519 g/mol. The van der Waals surface area contributed by atoms with Gasteiger partial charge in [0, 0.05) is 23.9 Å². The topological polar surface area (TPSA) is 95.0 Å². The maximum atomic E-state index is 12.8. The zero-order valence-corrected chi connectivity index (χ0v) is 22.4. The molecular formula is C31H37NO6. The molecule has 7 nitrogen and oxygen atoms in total. The van der Waals surface area contributed by atoms with Gasteiger partial charge in [-0.15, -0.1) is 0 Å². The molecule has 3 fully saturated rings. The number of aromatic nitrogens is 1. The molecule has 1 N–H and O–H groups in total. The SMILES string of the molecule is C=C1CC[C@@H]2[C@](C)(COC(C)=O)[C@H](O)CC[C@@]2(C)[C@@H]1C/C=C1/C(=O)OC[C@@H]1Oc1cccc2cccnc12. The second-order valence-corrected chi connectivity index (χ2v) is 11.6. The van der Waals surface area contributed by atoms with Crippen LogP contribution in [0.4, 0.5) is 0 Å². The molecule has 0 bridgehead atoms. The third kappa shape index (κ3) is 4.62. The molecule has 7 heteroatoms. The highest BCUT2D eigenvalue weighted by Gasteiger charge is 2.58. The molecule has 5 rings (SSSR count). The van der Waals surface area contributed by atoms with Crippen LogP contribution >= 0.6 is 0 Å². The number of benzene rings is 1. The van der Waals surface area contributed by atoms with Crippen molar-refractivity contribution in [2.45, 2.75) is 65.1 Å². The fourth-order valence-electron chi connectivity index (χ4n) is 7.21. The average Bonchev–Trinajstić information content (AvgIpc) is 3.24. The van der Waals surface area contributed by atoms with Crippen molar-refractivity contribution in [3.05, 3.63) is 60.3 Å².